The summed E-state index contributed by atoms with van der Waals surface area (Å²) >= 11 is 0. The Morgan fingerprint density at radius 2 is 2.10 bits per heavy atom. The second kappa shape index (κ2) is 5.28. The minimum atomic E-state index is -0.991. The van der Waals surface area contributed by atoms with Gasteiger partial charge in [-0.15, -0.1) is 0 Å². The molecule has 0 unspecified atom stereocenters. The number of rotatable bonds is 3. The number of esters is 1. The van der Waals surface area contributed by atoms with Crippen LogP contribution in [0, 0.1) is 18.6 Å². The van der Waals surface area contributed by atoms with Gasteiger partial charge >= 0.3 is 5.97 Å². The predicted molar refractivity (Wildman–Crippen MR) is 67.8 cm³/mol. The number of benzene rings is 1. The monoisotopic (exact) mass is 281 g/mol. The van der Waals surface area contributed by atoms with E-state index in [-0.39, 0.29) is 18.0 Å². The van der Waals surface area contributed by atoms with Crippen LogP contribution >= 0.6 is 0 Å². The highest BCUT2D eigenvalue weighted by molar-refractivity contribution is 5.93. The van der Waals surface area contributed by atoms with E-state index in [0.717, 1.165) is 12.1 Å². The van der Waals surface area contributed by atoms with Crippen LogP contribution in [0.25, 0.3) is 0 Å². The maximum Gasteiger partial charge on any atom is 0.359 e. The zero-order valence-corrected chi connectivity index (χ0v) is 11.0. The Bertz CT molecular complexity index is 668. The van der Waals surface area contributed by atoms with E-state index in [2.05, 4.69) is 5.10 Å². The molecule has 1 heterocycles. The van der Waals surface area contributed by atoms with Gasteiger partial charge in [-0.25, -0.2) is 13.6 Å². The highest BCUT2D eigenvalue weighted by atomic mass is 19.2. The number of hydrogen-bond acceptors (Lipinski definition) is 4. The van der Waals surface area contributed by atoms with Crippen molar-refractivity contribution < 1.29 is 18.3 Å². The van der Waals surface area contributed by atoms with Gasteiger partial charge in [-0.1, -0.05) is 6.07 Å². The van der Waals surface area contributed by atoms with Crippen LogP contribution < -0.4 is 5.73 Å². The zero-order valence-electron chi connectivity index (χ0n) is 11.0. The van der Waals surface area contributed by atoms with Gasteiger partial charge in [-0.3, -0.25) is 4.68 Å². The first-order chi connectivity index (χ1) is 9.40. The van der Waals surface area contributed by atoms with Crippen molar-refractivity contribution in [1.82, 2.24) is 9.78 Å². The summed E-state index contributed by atoms with van der Waals surface area (Å²) in [6.07, 6.45) is 0. The van der Waals surface area contributed by atoms with Gasteiger partial charge < -0.3 is 10.5 Å². The van der Waals surface area contributed by atoms with E-state index in [1.54, 1.807) is 14.0 Å². The molecule has 0 atom stereocenters. The Hall–Kier alpha value is -2.44. The largest absolute Gasteiger partial charge is 0.456 e. The van der Waals surface area contributed by atoms with E-state index < -0.39 is 17.6 Å². The topological polar surface area (TPSA) is 70.1 Å². The third-order valence-electron chi connectivity index (χ3n) is 2.82. The molecule has 0 amide bonds. The van der Waals surface area contributed by atoms with E-state index in [0.29, 0.717) is 11.3 Å². The van der Waals surface area contributed by atoms with Crippen molar-refractivity contribution in [2.24, 2.45) is 7.05 Å². The van der Waals surface area contributed by atoms with Crippen LogP contribution in [0.1, 0.15) is 21.7 Å². The molecule has 106 valence electrons. The Kier molecular flexibility index (Phi) is 3.69. The van der Waals surface area contributed by atoms with Crippen LogP contribution in [0.15, 0.2) is 18.2 Å². The quantitative estimate of drug-likeness (QED) is 0.873. The van der Waals surface area contributed by atoms with Gasteiger partial charge in [0, 0.05) is 7.05 Å². The van der Waals surface area contributed by atoms with Crippen molar-refractivity contribution in [2.45, 2.75) is 13.5 Å². The Labute approximate surface area is 114 Å². The molecule has 0 aliphatic heterocycles. The molecule has 0 spiro atoms. The lowest BCUT2D eigenvalue weighted by molar-refractivity contribution is 0.0460. The molecule has 0 aliphatic carbocycles. The molecule has 2 aromatic rings. The molecular weight excluding hydrogens is 268 g/mol. The second-order valence-electron chi connectivity index (χ2n) is 4.30. The standard InChI is InChI=1S/C13H13F2N3O2/c1-7-11(16)12(18(2)17-7)13(19)20-6-8-3-4-9(14)10(15)5-8/h3-5H,6,16H2,1-2H3. The van der Waals surface area contributed by atoms with Crippen molar-refractivity contribution >= 4 is 11.7 Å². The molecule has 5 nitrogen and oxygen atoms in total. The Morgan fingerprint density at radius 1 is 1.40 bits per heavy atom. The summed E-state index contributed by atoms with van der Waals surface area (Å²) in [6.45, 7) is 1.49. The minimum Gasteiger partial charge on any atom is -0.456 e. The third-order valence-corrected chi connectivity index (χ3v) is 2.82. The smallest absolute Gasteiger partial charge is 0.359 e. The molecule has 0 fully saturated rings. The van der Waals surface area contributed by atoms with Crippen molar-refractivity contribution in [3.63, 3.8) is 0 Å². The molecule has 0 bridgehead atoms. The molecule has 1 aromatic carbocycles. The van der Waals surface area contributed by atoms with Crippen LogP contribution in [0.2, 0.25) is 0 Å². The van der Waals surface area contributed by atoms with E-state index in [4.69, 9.17) is 10.5 Å². The molecule has 0 saturated heterocycles. The SMILES string of the molecule is Cc1nn(C)c(C(=O)OCc2ccc(F)c(F)c2)c1N. The Balaban J connectivity index is 2.10. The number of anilines is 1. The molecule has 2 rings (SSSR count). The molecule has 2 N–H and O–H groups in total. The van der Waals surface area contributed by atoms with Gasteiger partial charge in [0.1, 0.15) is 6.61 Å². The number of nitrogens with two attached hydrogens (primary N) is 1. The fourth-order valence-corrected chi connectivity index (χ4v) is 1.76. The van der Waals surface area contributed by atoms with Gasteiger partial charge in [-0.2, -0.15) is 5.10 Å². The van der Waals surface area contributed by atoms with Gasteiger partial charge in [0.25, 0.3) is 0 Å². The maximum absolute atomic E-state index is 13.0. The first-order valence-electron chi connectivity index (χ1n) is 5.80. The highest BCUT2D eigenvalue weighted by Crippen LogP contribution is 2.17. The van der Waals surface area contributed by atoms with Crippen molar-refractivity contribution in [1.29, 1.82) is 0 Å². The van der Waals surface area contributed by atoms with E-state index >= 15 is 0 Å². The number of halogens is 2. The summed E-state index contributed by atoms with van der Waals surface area (Å²) in [5.41, 5.74) is 6.95. The maximum atomic E-state index is 13.0. The summed E-state index contributed by atoms with van der Waals surface area (Å²) in [5.74, 6) is -2.61. The third kappa shape index (κ3) is 2.61. The summed E-state index contributed by atoms with van der Waals surface area (Å²) in [4.78, 5) is 11.9. The van der Waals surface area contributed by atoms with Gasteiger partial charge in [0.2, 0.25) is 0 Å². The van der Waals surface area contributed by atoms with Crippen LogP contribution in [0.5, 0.6) is 0 Å². The molecule has 1 aromatic heterocycles. The zero-order chi connectivity index (χ0) is 14.9. The molecular formula is C13H13F2N3O2. The summed E-state index contributed by atoms with van der Waals surface area (Å²) < 4.78 is 32.1. The van der Waals surface area contributed by atoms with E-state index in [1.807, 2.05) is 0 Å². The molecule has 0 aliphatic rings. The molecule has 20 heavy (non-hydrogen) atoms. The molecule has 0 radical (unpaired) electrons. The number of carbonyl (C=O) groups excluding carboxylic acids is 1. The summed E-state index contributed by atoms with van der Waals surface area (Å²) in [5, 5.41) is 3.99. The number of nitrogens with zero attached hydrogens (tertiary/aromatic N) is 2. The van der Waals surface area contributed by atoms with E-state index in [1.165, 1.54) is 10.7 Å². The highest BCUT2D eigenvalue weighted by Gasteiger charge is 2.19. The lowest BCUT2D eigenvalue weighted by Crippen LogP contribution is -2.12. The number of ether oxygens (including phenoxy) is 1. The van der Waals surface area contributed by atoms with Crippen molar-refractivity contribution in [3.05, 3.63) is 46.8 Å². The van der Waals surface area contributed by atoms with Crippen LogP contribution in [-0.4, -0.2) is 15.7 Å². The first kappa shape index (κ1) is 14.0. The molecule has 7 heteroatoms. The van der Waals surface area contributed by atoms with Gasteiger partial charge in [-0.05, 0) is 24.6 Å². The number of aryl methyl sites for hydroxylation is 2. The van der Waals surface area contributed by atoms with E-state index in [9.17, 15) is 13.6 Å². The van der Waals surface area contributed by atoms with Crippen LogP contribution in [-0.2, 0) is 18.4 Å². The summed E-state index contributed by atoms with van der Waals surface area (Å²) in [6, 6.07) is 3.28. The average Bonchev–Trinajstić information content (AvgIpc) is 2.64. The van der Waals surface area contributed by atoms with Crippen LogP contribution in [0.3, 0.4) is 0 Å². The lowest BCUT2D eigenvalue weighted by atomic mass is 10.2. The number of hydrogen-bond donors (Lipinski definition) is 1. The predicted octanol–water partition coefficient (Wildman–Crippen LogP) is 1.95. The lowest BCUT2D eigenvalue weighted by Gasteiger charge is -2.06. The second-order valence-corrected chi connectivity index (χ2v) is 4.30. The average molecular weight is 281 g/mol. The van der Waals surface area contributed by atoms with Crippen LogP contribution in [0.4, 0.5) is 14.5 Å². The first-order valence-corrected chi connectivity index (χ1v) is 5.80. The summed E-state index contributed by atoms with van der Waals surface area (Å²) in [7, 11) is 1.57. The van der Waals surface area contributed by atoms with Gasteiger partial charge in [0.05, 0.1) is 11.4 Å². The fraction of sp³-hybridized carbons (Fsp3) is 0.231. The molecule has 0 saturated carbocycles. The number of carbonyl (C=O) groups is 1. The van der Waals surface area contributed by atoms with Gasteiger partial charge in [0.15, 0.2) is 17.3 Å². The minimum absolute atomic E-state index is 0.130. The van der Waals surface area contributed by atoms with Crippen molar-refractivity contribution in [3.8, 4) is 0 Å². The number of nitrogen functional groups attached to an aromatic ring is 1. The number of aromatic nitrogens is 2. The Morgan fingerprint density at radius 3 is 2.65 bits per heavy atom. The normalized spacial score (nSPS) is 10.6. The van der Waals surface area contributed by atoms with Crippen molar-refractivity contribution in [2.75, 3.05) is 5.73 Å². The fourth-order valence-electron chi connectivity index (χ4n) is 1.76.